The molecule has 0 aliphatic rings. The van der Waals surface area contributed by atoms with E-state index in [9.17, 15) is 13.2 Å². The molecular formula is C4H10ClF3N2. The van der Waals surface area contributed by atoms with Crippen molar-refractivity contribution in [2.45, 2.75) is 19.0 Å². The molecule has 0 atom stereocenters. The first-order valence-electron chi connectivity index (χ1n) is 2.56. The lowest BCUT2D eigenvalue weighted by molar-refractivity contribution is -0.135. The predicted molar refractivity (Wildman–Crippen MR) is 34.7 cm³/mol. The van der Waals surface area contributed by atoms with Crippen LogP contribution in [-0.4, -0.2) is 12.7 Å². The first kappa shape index (κ1) is 12.7. The number of rotatable bonds is 3. The zero-order valence-electron chi connectivity index (χ0n) is 5.24. The quantitative estimate of drug-likeness (QED) is 0.387. The van der Waals surface area contributed by atoms with Crippen LogP contribution in [0.1, 0.15) is 12.8 Å². The fraction of sp³-hybridized carbons (Fsp3) is 1.00. The van der Waals surface area contributed by atoms with Crippen LogP contribution < -0.4 is 11.3 Å². The molecule has 0 saturated carbocycles. The van der Waals surface area contributed by atoms with Crippen LogP contribution in [-0.2, 0) is 0 Å². The fourth-order valence-electron chi connectivity index (χ4n) is 0.391. The lowest BCUT2D eigenvalue weighted by atomic mass is 10.3. The molecule has 0 fully saturated rings. The summed E-state index contributed by atoms with van der Waals surface area (Å²) in [6, 6.07) is 0. The van der Waals surface area contributed by atoms with Gasteiger partial charge in [0.05, 0.1) is 0 Å². The van der Waals surface area contributed by atoms with Crippen molar-refractivity contribution in [3.63, 3.8) is 0 Å². The van der Waals surface area contributed by atoms with Gasteiger partial charge in [-0.2, -0.15) is 13.2 Å². The van der Waals surface area contributed by atoms with Crippen LogP contribution in [0, 0.1) is 0 Å². The molecule has 10 heavy (non-hydrogen) atoms. The monoisotopic (exact) mass is 178 g/mol. The normalized spacial score (nSPS) is 10.8. The third-order valence-electron chi connectivity index (χ3n) is 0.781. The van der Waals surface area contributed by atoms with Crippen molar-refractivity contribution in [1.29, 1.82) is 0 Å². The Morgan fingerprint density at radius 3 is 2.10 bits per heavy atom. The minimum Gasteiger partial charge on any atom is -0.271 e. The van der Waals surface area contributed by atoms with Crippen molar-refractivity contribution in [3.05, 3.63) is 0 Å². The van der Waals surface area contributed by atoms with Crippen LogP contribution in [0.2, 0.25) is 0 Å². The Bertz CT molecular complexity index is 75.4. The lowest BCUT2D eigenvalue weighted by Crippen LogP contribution is -2.24. The van der Waals surface area contributed by atoms with E-state index in [2.05, 4.69) is 5.43 Å². The standard InChI is InChI=1S/C4H9F3N2.ClH/c5-4(6,7)2-1-3-9-8;/h9H,1-3,8H2;1H. The second-order valence-corrected chi connectivity index (χ2v) is 1.67. The topological polar surface area (TPSA) is 38.0 Å². The molecule has 0 amide bonds. The molecule has 0 bridgehead atoms. The minimum atomic E-state index is -4.04. The molecule has 2 nitrogen and oxygen atoms in total. The number of nitrogens with one attached hydrogen (secondary N) is 1. The van der Waals surface area contributed by atoms with Gasteiger partial charge in [-0.15, -0.1) is 12.4 Å². The van der Waals surface area contributed by atoms with Gasteiger partial charge in [0, 0.05) is 13.0 Å². The molecule has 0 unspecified atom stereocenters. The van der Waals surface area contributed by atoms with E-state index in [1.54, 1.807) is 0 Å². The van der Waals surface area contributed by atoms with Gasteiger partial charge in [-0.25, -0.2) is 0 Å². The maximum absolute atomic E-state index is 11.3. The van der Waals surface area contributed by atoms with Crippen LogP contribution in [0.15, 0.2) is 0 Å². The van der Waals surface area contributed by atoms with Crippen molar-refractivity contribution in [2.24, 2.45) is 5.84 Å². The van der Waals surface area contributed by atoms with Crippen molar-refractivity contribution in [2.75, 3.05) is 6.54 Å². The van der Waals surface area contributed by atoms with Crippen molar-refractivity contribution >= 4 is 12.4 Å². The molecule has 0 aromatic rings. The van der Waals surface area contributed by atoms with E-state index in [0.717, 1.165) is 0 Å². The van der Waals surface area contributed by atoms with Crippen molar-refractivity contribution in [3.8, 4) is 0 Å². The highest BCUT2D eigenvalue weighted by Gasteiger charge is 2.25. The smallest absolute Gasteiger partial charge is 0.271 e. The zero-order valence-corrected chi connectivity index (χ0v) is 6.06. The molecule has 0 aliphatic heterocycles. The van der Waals surface area contributed by atoms with Crippen LogP contribution in [0.25, 0.3) is 0 Å². The van der Waals surface area contributed by atoms with E-state index in [4.69, 9.17) is 5.84 Å². The predicted octanol–water partition coefficient (Wildman–Crippen LogP) is 1.21. The fourth-order valence-corrected chi connectivity index (χ4v) is 0.391. The average Bonchev–Trinajstić information content (AvgIpc) is 1.63. The highest BCUT2D eigenvalue weighted by molar-refractivity contribution is 5.85. The van der Waals surface area contributed by atoms with Gasteiger partial charge in [0.1, 0.15) is 0 Å². The Kier molecular flexibility index (Phi) is 7.29. The molecule has 0 aromatic carbocycles. The first-order chi connectivity index (χ1) is 4.06. The summed E-state index contributed by atoms with van der Waals surface area (Å²) in [6.07, 6.45) is -4.77. The number of hydrogen-bond acceptors (Lipinski definition) is 2. The van der Waals surface area contributed by atoms with Gasteiger partial charge in [0.15, 0.2) is 0 Å². The second kappa shape index (κ2) is 5.76. The number of hydrazine groups is 1. The highest BCUT2D eigenvalue weighted by atomic mass is 35.5. The molecule has 0 aliphatic carbocycles. The number of nitrogens with two attached hydrogens (primary N) is 1. The number of hydrogen-bond donors (Lipinski definition) is 2. The zero-order chi connectivity index (χ0) is 7.33. The van der Waals surface area contributed by atoms with E-state index >= 15 is 0 Å². The highest BCUT2D eigenvalue weighted by Crippen LogP contribution is 2.20. The largest absolute Gasteiger partial charge is 0.389 e. The van der Waals surface area contributed by atoms with Crippen LogP contribution in [0.3, 0.4) is 0 Å². The lowest BCUT2D eigenvalue weighted by Gasteiger charge is -2.03. The molecule has 0 rings (SSSR count). The summed E-state index contributed by atoms with van der Waals surface area (Å²) < 4.78 is 33.9. The first-order valence-corrected chi connectivity index (χ1v) is 2.56. The summed E-state index contributed by atoms with van der Waals surface area (Å²) in [7, 11) is 0. The Labute approximate surface area is 63.3 Å². The van der Waals surface area contributed by atoms with Crippen LogP contribution in [0.4, 0.5) is 13.2 Å². The minimum absolute atomic E-state index is 0. The Balaban J connectivity index is 0. The third-order valence-corrected chi connectivity index (χ3v) is 0.781. The van der Waals surface area contributed by atoms with Gasteiger partial charge in [-0.3, -0.25) is 11.3 Å². The van der Waals surface area contributed by atoms with Gasteiger partial charge in [0.25, 0.3) is 0 Å². The van der Waals surface area contributed by atoms with Crippen molar-refractivity contribution in [1.82, 2.24) is 5.43 Å². The van der Waals surface area contributed by atoms with Gasteiger partial charge in [0.2, 0.25) is 0 Å². The number of halogens is 4. The summed E-state index contributed by atoms with van der Waals surface area (Å²) in [5, 5.41) is 0. The summed E-state index contributed by atoms with van der Waals surface area (Å²) in [5.74, 6) is 4.74. The van der Waals surface area contributed by atoms with Crippen molar-refractivity contribution < 1.29 is 13.2 Å². The number of alkyl halides is 3. The molecule has 0 spiro atoms. The second-order valence-electron chi connectivity index (χ2n) is 1.67. The third kappa shape index (κ3) is 10.9. The Morgan fingerprint density at radius 1 is 1.30 bits per heavy atom. The Hall–Kier alpha value is -0.0000000000000000555. The van der Waals surface area contributed by atoms with Gasteiger partial charge < -0.3 is 0 Å². The Morgan fingerprint density at radius 2 is 1.80 bits per heavy atom. The molecule has 0 radical (unpaired) electrons. The van der Waals surface area contributed by atoms with E-state index in [0.29, 0.717) is 0 Å². The van der Waals surface area contributed by atoms with E-state index in [1.807, 2.05) is 0 Å². The molecule has 3 N–H and O–H groups in total. The molecule has 0 aromatic heterocycles. The van der Waals surface area contributed by atoms with E-state index < -0.39 is 12.6 Å². The van der Waals surface area contributed by atoms with Gasteiger partial charge >= 0.3 is 6.18 Å². The van der Waals surface area contributed by atoms with Gasteiger partial charge in [-0.1, -0.05) is 0 Å². The summed E-state index contributed by atoms with van der Waals surface area (Å²) >= 11 is 0. The summed E-state index contributed by atoms with van der Waals surface area (Å²) in [4.78, 5) is 0. The average molecular weight is 179 g/mol. The maximum Gasteiger partial charge on any atom is 0.389 e. The maximum atomic E-state index is 11.3. The molecule has 0 heterocycles. The molecule has 6 heteroatoms. The van der Waals surface area contributed by atoms with E-state index in [1.165, 1.54) is 0 Å². The SMILES string of the molecule is Cl.NNCCCC(F)(F)F. The molecule has 0 saturated heterocycles. The molecule has 64 valence electrons. The van der Waals surface area contributed by atoms with Crippen LogP contribution >= 0.6 is 12.4 Å². The summed E-state index contributed by atoms with van der Waals surface area (Å²) in [6.45, 7) is 0.208. The van der Waals surface area contributed by atoms with Crippen LogP contribution in [0.5, 0.6) is 0 Å². The van der Waals surface area contributed by atoms with Gasteiger partial charge in [-0.05, 0) is 6.42 Å². The molecular weight excluding hydrogens is 169 g/mol. The van der Waals surface area contributed by atoms with E-state index in [-0.39, 0.29) is 25.4 Å². The summed E-state index contributed by atoms with van der Waals surface area (Å²) in [5.41, 5.74) is 2.14.